The Hall–Kier alpha value is -0.280. The molecule has 4 aliphatic rings. The third kappa shape index (κ3) is 1.78. The van der Waals surface area contributed by atoms with Crippen LogP contribution in [0.3, 0.4) is 0 Å². The van der Waals surface area contributed by atoms with Crippen molar-refractivity contribution in [3.8, 4) is 0 Å². The van der Waals surface area contributed by atoms with E-state index in [1.807, 2.05) is 0 Å². The van der Waals surface area contributed by atoms with E-state index in [2.05, 4.69) is 10.2 Å². The molecule has 3 saturated carbocycles. The quantitative estimate of drug-likeness (QED) is 0.784. The van der Waals surface area contributed by atoms with Gasteiger partial charge in [0.15, 0.2) is 0 Å². The van der Waals surface area contributed by atoms with Crippen molar-refractivity contribution in [1.82, 2.24) is 10.2 Å². The van der Waals surface area contributed by atoms with Crippen LogP contribution in [0.1, 0.15) is 25.7 Å². The van der Waals surface area contributed by atoms with Gasteiger partial charge < -0.3 is 10.2 Å². The van der Waals surface area contributed by atoms with E-state index in [0.29, 0.717) is 11.8 Å². The average Bonchev–Trinajstić information content (AvgIpc) is 2.93. The summed E-state index contributed by atoms with van der Waals surface area (Å²) in [5.41, 5.74) is 0. The van der Waals surface area contributed by atoms with Gasteiger partial charge in [-0.15, -0.1) is 12.4 Å². The van der Waals surface area contributed by atoms with Gasteiger partial charge in [-0.05, 0) is 55.9 Å². The van der Waals surface area contributed by atoms with Crippen LogP contribution in [0, 0.1) is 29.6 Å². The van der Waals surface area contributed by atoms with Crippen molar-refractivity contribution in [3.63, 3.8) is 0 Å². The molecule has 0 aromatic carbocycles. The molecule has 0 radical (unpaired) electrons. The van der Waals surface area contributed by atoms with E-state index >= 15 is 0 Å². The van der Waals surface area contributed by atoms with Crippen LogP contribution in [-0.4, -0.2) is 37.0 Å². The maximum Gasteiger partial charge on any atom is 0.226 e. The van der Waals surface area contributed by atoms with E-state index in [4.69, 9.17) is 0 Å². The van der Waals surface area contributed by atoms with Crippen molar-refractivity contribution in [3.05, 3.63) is 0 Å². The molecule has 102 valence electrons. The van der Waals surface area contributed by atoms with Gasteiger partial charge in [-0.3, -0.25) is 4.79 Å². The zero-order chi connectivity index (χ0) is 11.4. The lowest BCUT2D eigenvalue weighted by Gasteiger charge is -2.21. The molecule has 0 aromatic rings. The molecular formula is C14H23ClN2O. The molecule has 0 spiro atoms. The van der Waals surface area contributed by atoms with Crippen LogP contribution < -0.4 is 5.32 Å². The fraction of sp³-hybridized carbons (Fsp3) is 0.929. The fourth-order valence-electron chi connectivity index (χ4n) is 4.93. The van der Waals surface area contributed by atoms with Crippen molar-refractivity contribution in [2.24, 2.45) is 29.6 Å². The highest BCUT2D eigenvalue weighted by Crippen LogP contribution is 2.69. The smallest absolute Gasteiger partial charge is 0.226 e. The minimum Gasteiger partial charge on any atom is -0.341 e. The van der Waals surface area contributed by atoms with Gasteiger partial charge in [-0.1, -0.05) is 0 Å². The molecule has 4 fully saturated rings. The summed E-state index contributed by atoms with van der Waals surface area (Å²) in [6, 6.07) is 0. The number of rotatable bonds is 1. The van der Waals surface area contributed by atoms with Crippen molar-refractivity contribution in [2.75, 3.05) is 26.2 Å². The van der Waals surface area contributed by atoms with Crippen molar-refractivity contribution >= 4 is 18.3 Å². The van der Waals surface area contributed by atoms with Crippen LogP contribution in [0.25, 0.3) is 0 Å². The van der Waals surface area contributed by atoms with Crippen LogP contribution in [-0.2, 0) is 4.79 Å². The molecule has 1 amide bonds. The Morgan fingerprint density at radius 2 is 1.78 bits per heavy atom. The zero-order valence-corrected chi connectivity index (χ0v) is 11.6. The van der Waals surface area contributed by atoms with E-state index in [1.165, 1.54) is 19.3 Å². The first-order chi connectivity index (χ1) is 8.36. The van der Waals surface area contributed by atoms with E-state index < -0.39 is 0 Å². The summed E-state index contributed by atoms with van der Waals surface area (Å²) >= 11 is 0. The number of fused-ring (bicyclic) bond motifs is 5. The van der Waals surface area contributed by atoms with Crippen molar-refractivity contribution in [1.29, 1.82) is 0 Å². The Bertz CT molecular complexity index is 325. The zero-order valence-electron chi connectivity index (χ0n) is 10.8. The highest BCUT2D eigenvalue weighted by Gasteiger charge is 2.67. The number of halogens is 1. The first-order valence-corrected chi connectivity index (χ1v) is 7.36. The van der Waals surface area contributed by atoms with E-state index in [1.54, 1.807) is 0 Å². The number of nitrogens with zero attached hydrogens (tertiary/aromatic N) is 1. The van der Waals surface area contributed by atoms with E-state index in [-0.39, 0.29) is 12.4 Å². The fourth-order valence-corrected chi connectivity index (χ4v) is 4.93. The Morgan fingerprint density at radius 1 is 1.06 bits per heavy atom. The lowest BCUT2D eigenvalue weighted by atomic mass is 10.0. The topological polar surface area (TPSA) is 32.3 Å². The monoisotopic (exact) mass is 270 g/mol. The van der Waals surface area contributed by atoms with E-state index in [0.717, 1.165) is 56.3 Å². The first-order valence-electron chi connectivity index (χ1n) is 7.36. The van der Waals surface area contributed by atoms with Crippen LogP contribution >= 0.6 is 12.4 Å². The molecule has 4 unspecified atom stereocenters. The van der Waals surface area contributed by atoms with Crippen LogP contribution in [0.4, 0.5) is 0 Å². The first kappa shape index (κ1) is 12.7. The summed E-state index contributed by atoms with van der Waals surface area (Å²) < 4.78 is 0. The SMILES string of the molecule is Cl.O=C(C1C2C3CCC(C3)C12)N1CCCNCC1. The lowest BCUT2D eigenvalue weighted by Crippen LogP contribution is -2.36. The third-order valence-electron chi connectivity index (χ3n) is 5.67. The lowest BCUT2D eigenvalue weighted by molar-refractivity contribution is -0.133. The summed E-state index contributed by atoms with van der Waals surface area (Å²) in [6.07, 6.45) is 5.40. The van der Waals surface area contributed by atoms with Gasteiger partial charge in [0.1, 0.15) is 0 Å². The van der Waals surface area contributed by atoms with Gasteiger partial charge >= 0.3 is 0 Å². The molecule has 1 saturated heterocycles. The summed E-state index contributed by atoms with van der Waals surface area (Å²) in [5.74, 6) is 4.39. The number of carbonyl (C=O) groups is 1. The Balaban J connectivity index is 0.000001000. The molecule has 4 atom stereocenters. The number of hydrogen-bond donors (Lipinski definition) is 1. The maximum atomic E-state index is 12.5. The van der Waals surface area contributed by atoms with Gasteiger partial charge in [-0.25, -0.2) is 0 Å². The normalized spacial score (nSPS) is 45.1. The highest BCUT2D eigenvalue weighted by molar-refractivity contribution is 5.85. The van der Waals surface area contributed by atoms with Gasteiger partial charge in [0.2, 0.25) is 5.91 Å². The Labute approximate surface area is 115 Å². The number of carbonyl (C=O) groups excluding carboxylic acids is 1. The minimum atomic E-state index is 0. The summed E-state index contributed by atoms with van der Waals surface area (Å²) in [4.78, 5) is 14.7. The predicted molar refractivity (Wildman–Crippen MR) is 72.6 cm³/mol. The second-order valence-electron chi connectivity index (χ2n) is 6.44. The second-order valence-corrected chi connectivity index (χ2v) is 6.44. The van der Waals surface area contributed by atoms with Crippen LogP contribution in [0.5, 0.6) is 0 Å². The Morgan fingerprint density at radius 3 is 2.50 bits per heavy atom. The molecule has 3 nitrogen and oxygen atoms in total. The van der Waals surface area contributed by atoms with Crippen LogP contribution in [0.2, 0.25) is 0 Å². The summed E-state index contributed by atoms with van der Waals surface area (Å²) in [6.45, 7) is 3.98. The standard InChI is InChI=1S/C14H22N2O.ClH/c17-14(16-6-1-4-15-5-7-16)13-11-9-2-3-10(8-9)12(11)13;/h9-13,15H,1-8H2;1H. The second kappa shape index (κ2) is 4.68. The molecular weight excluding hydrogens is 248 g/mol. The minimum absolute atomic E-state index is 0. The van der Waals surface area contributed by atoms with Gasteiger partial charge in [0, 0.05) is 25.6 Å². The number of amides is 1. The van der Waals surface area contributed by atoms with Gasteiger partial charge in [0.25, 0.3) is 0 Å². The van der Waals surface area contributed by atoms with Crippen molar-refractivity contribution in [2.45, 2.75) is 25.7 Å². The molecule has 1 heterocycles. The molecule has 0 aromatic heterocycles. The molecule has 1 aliphatic heterocycles. The largest absolute Gasteiger partial charge is 0.341 e. The van der Waals surface area contributed by atoms with Crippen molar-refractivity contribution < 1.29 is 4.79 Å². The molecule has 1 N–H and O–H groups in total. The third-order valence-corrected chi connectivity index (χ3v) is 5.67. The molecule has 4 rings (SSSR count). The number of hydrogen-bond acceptors (Lipinski definition) is 2. The highest BCUT2D eigenvalue weighted by atomic mass is 35.5. The molecule has 4 heteroatoms. The molecule has 2 bridgehead atoms. The average molecular weight is 271 g/mol. The maximum absolute atomic E-state index is 12.5. The summed E-state index contributed by atoms with van der Waals surface area (Å²) in [5, 5.41) is 3.38. The molecule has 3 aliphatic carbocycles. The van der Waals surface area contributed by atoms with E-state index in [9.17, 15) is 4.79 Å². The molecule has 18 heavy (non-hydrogen) atoms. The summed E-state index contributed by atoms with van der Waals surface area (Å²) in [7, 11) is 0. The predicted octanol–water partition coefficient (Wildman–Crippen LogP) is 1.52. The number of nitrogens with one attached hydrogen (secondary N) is 1. The van der Waals surface area contributed by atoms with Crippen LogP contribution in [0.15, 0.2) is 0 Å². The van der Waals surface area contributed by atoms with Gasteiger partial charge in [0.05, 0.1) is 0 Å². The Kier molecular flexibility index (Phi) is 3.31. The van der Waals surface area contributed by atoms with Gasteiger partial charge in [-0.2, -0.15) is 0 Å².